The molecule has 1 atom stereocenters. The largest absolute Gasteiger partial charge is 0.464 e. The Kier molecular flexibility index (Phi) is 5.37. The van der Waals surface area contributed by atoms with Crippen molar-refractivity contribution in [2.45, 2.75) is 51.6 Å². The Bertz CT molecular complexity index is 798. The standard InChI is InChI=1S/C21H28N2O5/c1-14(24)27-10-9-23-13-21(7-8-22-18(25)12-21)16-11-15(5-6-17(16)23)19(26)28-20(2,3)4/h5-6,11H,7-10,12-13H2,1-4H3,(H,22,25). The molecule has 0 aliphatic carbocycles. The van der Waals surface area contributed by atoms with Crippen LogP contribution in [0.5, 0.6) is 0 Å². The number of nitrogens with one attached hydrogen (secondary N) is 1. The van der Waals surface area contributed by atoms with E-state index in [1.807, 2.05) is 32.9 Å². The van der Waals surface area contributed by atoms with Crippen molar-refractivity contribution in [2.24, 2.45) is 0 Å². The maximum Gasteiger partial charge on any atom is 0.338 e. The molecule has 0 radical (unpaired) electrons. The predicted molar refractivity (Wildman–Crippen MR) is 104 cm³/mol. The van der Waals surface area contributed by atoms with Crippen LogP contribution >= 0.6 is 0 Å². The van der Waals surface area contributed by atoms with Crippen molar-refractivity contribution >= 4 is 23.5 Å². The Morgan fingerprint density at radius 3 is 2.68 bits per heavy atom. The van der Waals surface area contributed by atoms with E-state index in [2.05, 4.69) is 10.2 Å². The summed E-state index contributed by atoms with van der Waals surface area (Å²) in [4.78, 5) is 37.9. The number of piperidine rings is 1. The second-order valence-corrected chi connectivity index (χ2v) is 8.55. The van der Waals surface area contributed by atoms with E-state index in [4.69, 9.17) is 9.47 Å². The molecule has 1 aromatic carbocycles. The first-order chi connectivity index (χ1) is 13.1. The highest BCUT2D eigenvalue weighted by atomic mass is 16.6. The summed E-state index contributed by atoms with van der Waals surface area (Å²) in [6.45, 7) is 8.98. The molecule has 0 saturated carbocycles. The number of carbonyl (C=O) groups excluding carboxylic acids is 3. The minimum Gasteiger partial charge on any atom is -0.464 e. The zero-order valence-corrected chi connectivity index (χ0v) is 17.0. The van der Waals surface area contributed by atoms with Gasteiger partial charge in [-0.15, -0.1) is 0 Å². The molecule has 1 aromatic rings. The van der Waals surface area contributed by atoms with E-state index in [9.17, 15) is 14.4 Å². The van der Waals surface area contributed by atoms with Crippen LogP contribution in [0.25, 0.3) is 0 Å². The number of esters is 2. The zero-order valence-electron chi connectivity index (χ0n) is 17.0. The van der Waals surface area contributed by atoms with Gasteiger partial charge >= 0.3 is 11.9 Å². The van der Waals surface area contributed by atoms with Crippen LogP contribution < -0.4 is 10.2 Å². The minimum absolute atomic E-state index is 0.0155. The van der Waals surface area contributed by atoms with Crippen molar-refractivity contribution in [3.05, 3.63) is 29.3 Å². The second-order valence-electron chi connectivity index (χ2n) is 8.55. The lowest BCUT2D eigenvalue weighted by Gasteiger charge is -2.34. The molecule has 1 saturated heterocycles. The Morgan fingerprint density at radius 2 is 2.04 bits per heavy atom. The normalized spacial score (nSPS) is 21.3. The van der Waals surface area contributed by atoms with Crippen molar-refractivity contribution in [2.75, 3.05) is 31.1 Å². The topological polar surface area (TPSA) is 84.9 Å². The maximum atomic E-state index is 12.6. The first-order valence-corrected chi connectivity index (χ1v) is 9.63. The van der Waals surface area contributed by atoms with Crippen LogP contribution in [0.4, 0.5) is 5.69 Å². The lowest BCUT2D eigenvalue weighted by molar-refractivity contribution is -0.140. The monoisotopic (exact) mass is 388 g/mol. The fourth-order valence-corrected chi connectivity index (χ4v) is 4.00. The minimum atomic E-state index is -0.575. The Hall–Kier alpha value is -2.57. The molecule has 1 amide bonds. The third-order valence-corrected chi connectivity index (χ3v) is 5.13. The molecule has 3 rings (SSSR count). The van der Waals surface area contributed by atoms with Gasteiger partial charge in [0.15, 0.2) is 0 Å². The van der Waals surface area contributed by atoms with Crippen LogP contribution in [0.2, 0.25) is 0 Å². The van der Waals surface area contributed by atoms with Gasteiger partial charge in [0.1, 0.15) is 12.2 Å². The first kappa shape index (κ1) is 20.2. The molecule has 2 aliphatic rings. The number of ether oxygens (including phenoxy) is 2. The SMILES string of the molecule is CC(=O)OCCN1CC2(CCNC(=O)C2)c2cc(C(=O)OC(C)(C)C)ccc21. The summed E-state index contributed by atoms with van der Waals surface area (Å²) in [7, 11) is 0. The molecule has 0 bridgehead atoms. The Labute approximate surface area is 165 Å². The number of nitrogens with zero attached hydrogens (tertiary/aromatic N) is 1. The van der Waals surface area contributed by atoms with Gasteiger partial charge in [-0.1, -0.05) is 0 Å². The number of benzene rings is 1. The van der Waals surface area contributed by atoms with Crippen LogP contribution in [-0.2, 0) is 24.5 Å². The van der Waals surface area contributed by atoms with Crippen molar-refractivity contribution in [1.29, 1.82) is 0 Å². The molecule has 0 aromatic heterocycles. The summed E-state index contributed by atoms with van der Waals surface area (Å²) < 4.78 is 10.6. The molecule has 1 unspecified atom stereocenters. The van der Waals surface area contributed by atoms with Crippen LogP contribution in [0, 0.1) is 0 Å². The summed E-state index contributed by atoms with van der Waals surface area (Å²) in [5, 5.41) is 2.89. The smallest absolute Gasteiger partial charge is 0.338 e. The van der Waals surface area contributed by atoms with E-state index in [0.29, 0.717) is 31.6 Å². The van der Waals surface area contributed by atoms with Crippen molar-refractivity contribution in [3.8, 4) is 0 Å². The van der Waals surface area contributed by atoms with Crippen molar-refractivity contribution < 1.29 is 23.9 Å². The molecule has 1 N–H and O–H groups in total. The van der Waals surface area contributed by atoms with Crippen LogP contribution in [0.3, 0.4) is 0 Å². The molecule has 1 fully saturated rings. The van der Waals surface area contributed by atoms with Gasteiger partial charge in [-0.05, 0) is 51.0 Å². The van der Waals surface area contributed by atoms with Gasteiger partial charge in [-0.25, -0.2) is 4.79 Å². The van der Waals surface area contributed by atoms with Gasteiger partial charge in [0.25, 0.3) is 0 Å². The highest BCUT2D eigenvalue weighted by Gasteiger charge is 2.46. The third kappa shape index (κ3) is 4.29. The fourth-order valence-electron chi connectivity index (χ4n) is 4.00. The number of amides is 1. The van der Waals surface area contributed by atoms with Crippen LogP contribution in [-0.4, -0.2) is 49.7 Å². The van der Waals surface area contributed by atoms with Gasteiger partial charge in [0.2, 0.25) is 5.91 Å². The Balaban J connectivity index is 1.92. The van der Waals surface area contributed by atoms with Gasteiger partial charge in [0, 0.05) is 37.5 Å². The molecule has 2 aliphatic heterocycles. The number of hydrogen-bond donors (Lipinski definition) is 1. The number of fused-ring (bicyclic) bond motifs is 2. The highest BCUT2D eigenvalue weighted by Crippen LogP contribution is 2.46. The van der Waals surface area contributed by atoms with Gasteiger partial charge in [-0.3, -0.25) is 9.59 Å². The van der Waals surface area contributed by atoms with Gasteiger partial charge < -0.3 is 19.7 Å². The van der Waals surface area contributed by atoms with E-state index in [-0.39, 0.29) is 29.9 Å². The van der Waals surface area contributed by atoms with E-state index in [1.165, 1.54) is 6.92 Å². The second kappa shape index (κ2) is 7.45. The molecule has 7 nitrogen and oxygen atoms in total. The maximum absolute atomic E-state index is 12.6. The fraction of sp³-hybridized carbons (Fsp3) is 0.571. The zero-order chi connectivity index (χ0) is 20.5. The molecule has 28 heavy (non-hydrogen) atoms. The summed E-state index contributed by atoms with van der Waals surface area (Å²) in [5.74, 6) is -0.669. The molecule has 152 valence electrons. The predicted octanol–water partition coefficient (Wildman–Crippen LogP) is 2.17. The number of anilines is 1. The lowest BCUT2D eigenvalue weighted by atomic mass is 9.74. The average Bonchev–Trinajstić information content (AvgIpc) is 2.86. The van der Waals surface area contributed by atoms with Crippen LogP contribution in [0.15, 0.2) is 18.2 Å². The third-order valence-electron chi connectivity index (χ3n) is 5.13. The van der Waals surface area contributed by atoms with E-state index < -0.39 is 5.60 Å². The van der Waals surface area contributed by atoms with Crippen molar-refractivity contribution in [1.82, 2.24) is 5.32 Å². The molecule has 7 heteroatoms. The summed E-state index contributed by atoms with van der Waals surface area (Å²) in [5.41, 5.74) is 1.55. The first-order valence-electron chi connectivity index (χ1n) is 9.63. The molecular formula is C21H28N2O5. The van der Waals surface area contributed by atoms with Gasteiger partial charge in [0.05, 0.1) is 12.1 Å². The summed E-state index contributed by atoms with van der Waals surface area (Å²) in [6, 6.07) is 5.53. The number of carbonyl (C=O) groups is 3. The quantitative estimate of drug-likeness (QED) is 0.796. The molecule has 2 heterocycles. The van der Waals surface area contributed by atoms with E-state index in [0.717, 1.165) is 17.7 Å². The molecular weight excluding hydrogens is 360 g/mol. The van der Waals surface area contributed by atoms with E-state index >= 15 is 0 Å². The van der Waals surface area contributed by atoms with E-state index in [1.54, 1.807) is 6.07 Å². The summed E-state index contributed by atoms with van der Waals surface area (Å²) in [6.07, 6.45) is 1.18. The van der Waals surface area contributed by atoms with Crippen LogP contribution in [0.1, 0.15) is 56.5 Å². The number of hydrogen-bond acceptors (Lipinski definition) is 6. The summed E-state index contributed by atoms with van der Waals surface area (Å²) >= 11 is 0. The number of rotatable bonds is 4. The molecule has 1 spiro atoms. The van der Waals surface area contributed by atoms with Crippen molar-refractivity contribution in [3.63, 3.8) is 0 Å². The average molecular weight is 388 g/mol. The van der Waals surface area contributed by atoms with Gasteiger partial charge in [-0.2, -0.15) is 0 Å². The Morgan fingerprint density at radius 1 is 1.29 bits per heavy atom. The lowest BCUT2D eigenvalue weighted by Crippen LogP contribution is -2.46. The highest BCUT2D eigenvalue weighted by molar-refractivity contribution is 5.91.